The van der Waals surface area contributed by atoms with E-state index in [2.05, 4.69) is 26.5 Å². The summed E-state index contributed by atoms with van der Waals surface area (Å²) >= 11 is 0. The zero-order valence-corrected chi connectivity index (χ0v) is 10.0. The molecular weight excluding hydrogens is 216 g/mol. The average molecular weight is 230 g/mol. The van der Waals surface area contributed by atoms with E-state index >= 15 is 0 Å². The molecule has 88 valence electrons. The van der Waals surface area contributed by atoms with Gasteiger partial charge >= 0.3 is 0 Å². The molecule has 6 heteroatoms. The molecule has 0 saturated carbocycles. The molecule has 0 spiro atoms. The number of hydrogen-bond acceptors (Lipinski definition) is 4. The molecule has 1 atom stereocenters. The fourth-order valence-electron chi connectivity index (χ4n) is 1.75. The Hall–Kier alpha value is -2.29. The molecule has 0 bridgehead atoms. The van der Waals surface area contributed by atoms with Gasteiger partial charge in [-0.05, 0) is 13.8 Å². The number of imidazole rings is 1. The van der Waals surface area contributed by atoms with E-state index in [0.29, 0.717) is 11.4 Å². The van der Waals surface area contributed by atoms with Crippen LogP contribution in [0.5, 0.6) is 0 Å². The lowest BCUT2D eigenvalue weighted by Crippen LogP contribution is -2.12. The number of aromatic amines is 1. The molecule has 0 fully saturated rings. The van der Waals surface area contributed by atoms with Crippen molar-refractivity contribution in [2.45, 2.75) is 19.9 Å². The number of anilines is 1. The molecule has 2 N–H and O–H groups in total. The Balaban J connectivity index is 2.28. The second-order valence-electron chi connectivity index (χ2n) is 3.88. The molecule has 6 nitrogen and oxygen atoms in total. The maximum absolute atomic E-state index is 9.09. The van der Waals surface area contributed by atoms with E-state index in [0.717, 1.165) is 11.5 Å². The third kappa shape index (κ3) is 1.99. The molecule has 2 aromatic heterocycles. The standard InChI is InChI=1S/C11H14N6/c1-7-9(6-12)11(17(3)16-7)15-8(2)10-13-4-5-14-10/h4-5,8,15H,1-3H3,(H,13,14). The minimum atomic E-state index is -0.00750. The molecule has 0 amide bonds. The van der Waals surface area contributed by atoms with Crippen molar-refractivity contribution in [2.75, 3.05) is 5.32 Å². The van der Waals surface area contributed by atoms with Crippen LogP contribution in [0.25, 0.3) is 0 Å². The Labute approximate surface area is 99.3 Å². The zero-order valence-electron chi connectivity index (χ0n) is 10.0. The van der Waals surface area contributed by atoms with Crippen LogP contribution >= 0.6 is 0 Å². The summed E-state index contributed by atoms with van der Waals surface area (Å²) in [6.45, 7) is 3.80. The monoisotopic (exact) mass is 230 g/mol. The molecule has 0 aliphatic heterocycles. The molecule has 0 aliphatic rings. The summed E-state index contributed by atoms with van der Waals surface area (Å²) in [7, 11) is 1.81. The average Bonchev–Trinajstić information content (AvgIpc) is 2.88. The molecule has 2 heterocycles. The zero-order chi connectivity index (χ0) is 12.4. The predicted molar refractivity (Wildman–Crippen MR) is 63.3 cm³/mol. The van der Waals surface area contributed by atoms with Gasteiger partial charge < -0.3 is 10.3 Å². The van der Waals surface area contributed by atoms with Gasteiger partial charge in [0.1, 0.15) is 23.3 Å². The van der Waals surface area contributed by atoms with Crippen LogP contribution < -0.4 is 5.32 Å². The van der Waals surface area contributed by atoms with Crippen molar-refractivity contribution in [2.24, 2.45) is 7.05 Å². The van der Waals surface area contributed by atoms with Crippen LogP contribution in [0.4, 0.5) is 5.82 Å². The largest absolute Gasteiger partial charge is 0.360 e. The maximum atomic E-state index is 9.09. The molecular formula is C11H14N6. The van der Waals surface area contributed by atoms with Crippen LogP contribution in [-0.4, -0.2) is 19.7 Å². The lowest BCUT2D eigenvalue weighted by Gasteiger charge is -2.13. The van der Waals surface area contributed by atoms with Crippen molar-refractivity contribution in [1.29, 1.82) is 5.26 Å². The number of aryl methyl sites for hydroxylation is 2. The highest BCUT2D eigenvalue weighted by atomic mass is 15.3. The summed E-state index contributed by atoms with van der Waals surface area (Å²) in [6.07, 6.45) is 3.47. The van der Waals surface area contributed by atoms with Gasteiger partial charge in [-0.15, -0.1) is 0 Å². The van der Waals surface area contributed by atoms with Gasteiger partial charge in [0.05, 0.1) is 11.7 Å². The first-order chi connectivity index (χ1) is 8.13. The van der Waals surface area contributed by atoms with Crippen LogP contribution in [0.2, 0.25) is 0 Å². The molecule has 1 unspecified atom stereocenters. The van der Waals surface area contributed by atoms with Crippen molar-refractivity contribution < 1.29 is 0 Å². The van der Waals surface area contributed by atoms with E-state index in [1.807, 2.05) is 20.9 Å². The number of hydrogen-bond donors (Lipinski definition) is 2. The van der Waals surface area contributed by atoms with Crippen molar-refractivity contribution in [3.8, 4) is 6.07 Å². The molecule has 0 aliphatic carbocycles. The minimum Gasteiger partial charge on any atom is -0.360 e. The first kappa shape index (κ1) is 11.2. The van der Waals surface area contributed by atoms with Gasteiger partial charge in [-0.3, -0.25) is 4.68 Å². The van der Waals surface area contributed by atoms with Gasteiger partial charge in [-0.2, -0.15) is 10.4 Å². The second kappa shape index (κ2) is 4.29. The smallest absolute Gasteiger partial charge is 0.142 e. The summed E-state index contributed by atoms with van der Waals surface area (Å²) in [5.74, 6) is 1.54. The third-order valence-corrected chi connectivity index (χ3v) is 2.62. The highest BCUT2D eigenvalue weighted by Crippen LogP contribution is 2.21. The highest BCUT2D eigenvalue weighted by Gasteiger charge is 2.16. The quantitative estimate of drug-likeness (QED) is 0.837. The normalized spacial score (nSPS) is 12.1. The summed E-state index contributed by atoms with van der Waals surface area (Å²) in [5.41, 5.74) is 1.30. The van der Waals surface area contributed by atoms with Gasteiger partial charge in [0.25, 0.3) is 0 Å². The lowest BCUT2D eigenvalue weighted by molar-refractivity contribution is 0.730. The van der Waals surface area contributed by atoms with Crippen LogP contribution in [-0.2, 0) is 7.05 Å². The summed E-state index contributed by atoms with van der Waals surface area (Å²) in [5, 5.41) is 16.5. The Morgan fingerprint density at radius 1 is 1.59 bits per heavy atom. The number of H-pyrrole nitrogens is 1. The first-order valence-electron chi connectivity index (χ1n) is 5.33. The van der Waals surface area contributed by atoms with E-state index < -0.39 is 0 Å². The van der Waals surface area contributed by atoms with Crippen LogP contribution in [0.1, 0.15) is 30.0 Å². The molecule has 17 heavy (non-hydrogen) atoms. The Kier molecular flexibility index (Phi) is 2.83. The van der Waals surface area contributed by atoms with Gasteiger partial charge in [0.15, 0.2) is 0 Å². The van der Waals surface area contributed by atoms with E-state index in [-0.39, 0.29) is 6.04 Å². The Bertz CT molecular complexity index is 545. The molecule has 0 saturated heterocycles. The van der Waals surface area contributed by atoms with E-state index in [9.17, 15) is 0 Å². The molecule has 2 rings (SSSR count). The van der Waals surface area contributed by atoms with Gasteiger partial charge in [0, 0.05) is 19.4 Å². The molecule has 0 aromatic carbocycles. The van der Waals surface area contributed by atoms with Crippen molar-refractivity contribution in [1.82, 2.24) is 19.7 Å². The van der Waals surface area contributed by atoms with Crippen molar-refractivity contribution in [3.05, 3.63) is 29.5 Å². The third-order valence-electron chi connectivity index (χ3n) is 2.62. The lowest BCUT2D eigenvalue weighted by atomic mass is 10.2. The fraction of sp³-hybridized carbons (Fsp3) is 0.364. The Morgan fingerprint density at radius 2 is 2.35 bits per heavy atom. The topological polar surface area (TPSA) is 82.3 Å². The number of nitriles is 1. The number of rotatable bonds is 3. The molecule has 2 aromatic rings. The van der Waals surface area contributed by atoms with E-state index in [1.54, 1.807) is 17.1 Å². The Morgan fingerprint density at radius 3 is 2.94 bits per heavy atom. The highest BCUT2D eigenvalue weighted by molar-refractivity contribution is 5.55. The number of aromatic nitrogens is 4. The van der Waals surface area contributed by atoms with Gasteiger partial charge in [-0.1, -0.05) is 0 Å². The summed E-state index contributed by atoms with van der Waals surface area (Å²) < 4.78 is 1.67. The summed E-state index contributed by atoms with van der Waals surface area (Å²) in [4.78, 5) is 7.21. The predicted octanol–water partition coefficient (Wildman–Crippen LogP) is 1.50. The fourth-order valence-corrected chi connectivity index (χ4v) is 1.75. The maximum Gasteiger partial charge on any atom is 0.142 e. The minimum absolute atomic E-state index is 0.00750. The molecule has 0 radical (unpaired) electrons. The van der Waals surface area contributed by atoms with E-state index in [1.165, 1.54) is 0 Å². The second-order valence-corrected chi connectivity index (χ2v) is 3.88. The van der Waals surface area contributed by atoms with Crippen molar-refractivity contribution >= 4 is 5.82 Å². The van der Waals surface area contributed by atoms with Crippen molar-refractivity contribution in [3.63, 3.8) is 0 Å². The summed E-state index contributed by atoms with van der Waals surface area (Å²) in [6, 6.07) is 2.15. The SMILES string of the molecule is Cc1nn(C)c(NC(C)c2ncc[nH]2)c1C#N. The first-order valence-corrected chi connectivity index (χ1v) is 5.33. The van der Waals surface area contributed by atoms with E-state index in [4.69, 9.17) is 5.26 Å². The number of nitrogens with zero attached hydrogens (tertiary/aromatic N) is 4. The van der Waals surface area contributed by atoms with Gasteiger partial charge in [0.2, 0.25) is 0 Å². The van der Waals surface area contributed by atoms with Crippen LogP contribution in [0, 0.1) is 18.3 Å². The van der Waals surface area contributed by atoms with Crippen LogP contribution in [0.3, 0.4) is 0 Å². The van der Waals surface area contributed by atoms with Crippen LogP contribution in [0.15, 0.2) is 12.4 Å². The number of nitrogens with one attached hydrogen (secondary N) is 2. The van der Waals surface area contributed by atoms with Gasteiger partial charge in [-0.25, -0.2) is 4.98 Å².